The van der Waals surface area contributed by atoms with Gasteiger partial charge in [-0.2, -0.15) is 0 Å². The zero-order valence-electron chi connectivity index (χ0n) is 13.7. The Morgan fingerprint density at radius 1 is 1.25 bits per heavy atom. The van der Waals surface area contributed by atoms with E-state index < -0.39 is 0 Å². The summed E-state index contributed by atoms with van der Waals surface area (Å²) in [5.41, 5.74) is 0.435. The molecule has 0 radical (unpaired) electrons. The summed E-state index contributed by atoms with van der Waals surface area (Å²) in [7, 11) is 0. The van der Waals surface area contributed by atoms with Crippen LogP contribution in [0.1, 0.15) is 28.3 Å². The van der Waals surface area contributed by atoms with Crippen LogP contribution >= 0.6 is 0 Å². The maximum Gasteiger partial charge on any atom is 0.254 e. The largest absolute Gasteiger partial charge is 0.465 e. The van der Waals surface area contributed by atoms with E-state index in [0.29, 0.717) is 24.1 Å². The maximum atomic E-state index is 13.4. The molecule has 2 saturated heterocycles. The van der Waals surface area contributed by atoms with Crippen LogP contribution in [-0.2, 0) is 6.54 Å². The second-order valence-corrected chi connectivity index (χ2v) is 6.92. The quantitative estimate of drug-likeness (QED) is 0.869. The number of likely N-dealkylation sites (tertiary alicyclic amines) is 2. The van der Waals surface area contributed by atoms with Gasteiger partial charge in [0, 0.05) is 31.2 Å². The van der Waals surface area contributed by atoms with Crippen LogP contribution in [0.2, 0.25) is 0 Å². The first-order valence-electron chi connectivity index (χ1n) is 8.42. The van der Waals surface area contributed by atoms with Crippen LogP contribution in [0.25, 0.3) is 0 Å². The highest BCUT2D eigenvalue weighted by Gasteiger charge is 2.40. The number of furan rings is 1. The van der Waals surface area contributed by atoms with Gasteiger partial charge in [-0.05, 0) is 49.6 Å². The van der Waals surface area contributed by atoms with E-state index in [0.717, 1.165) is 37.6 Å². The highest BCUT2D eigenvalue weighted by Crippen LogP contribution is 2.31. The Morgan fingerprint density at radius 3 is 2.88 bits per heavy atom. The van der Waals surface area contributed by atoms with Crippen LogP contribution in [0.5, 0.6) is 0 Å². The zero-order valence-corrected chi connectivity index (χ0v) is 13.7. The predicted octanol–water partition coefficient (Wildman–Crippen LogP) is 3.07. The summed E-state index contributed by atoms with van der Waals surface area (Å²) in [6, 6.07) is 10.3. The minimum atomic E-state index is -0.365. The molecule has 0 N–H and O–H groups in total. The van der Waals surface area contributed by atoms with Crippen molar-refractivity contribution in [2.24, 2.45) is 5.92 Å². The number of nitrogens with zero attached hydrogens (tertiary/aromatic N) is 2. The summed E-state index contributed by atoms with van der Waals surface area (Å²) in [5, 5.41) is 0. The smallest absolute Gasteiger partial charge is 0.254 e. The molecule has 4 nitrogen and oxygen atoms in total. The van der Waals surface area contributed by atoms with Crippen molar-refractivity contribution in [1.82, 2.24) is 9.80 Å². The lowest BCUT2D eigenvalue weighted by molar-refractivity contribution is 0.0665. The number of piperidine rings is 1. The third-order valence-electron chi connectivity index (χ3n) is 5.04. The van der Waals surface area contributed by atoms with Gasteiger partial charge in [0.05, 0.1) is 6.54 Å². The van der Waals surface area contributed by atoms with Crippen molar-refractivity contribution in [2.45, 2.75) is 25.9 Å². The van der Waals surface area contributed by atoms with Gasteiger partial charge in [-0.3, -0.25) is 9.69 Å². The lowest BCUT2D eigenvalue weighted by Gasteiger charge is -2.33. The average molecular weight is 328 g/mol. The number of aryl methyl sites for hydroxylation is 1. The number of carbonyl (C=O) groups excluding carboxylic acids is 1. The molecule has 2 aliphatic heterocycles. The summed E-state index contributed by atoms with van der Waals surface area (Å²) < 4.78 is 19.1. The number of halogens is 1. The van der Waals surface area contributed by atoms with E-state index in [9.17, 15) is 9.18 Å². The van der Waals surface area contributed by atoms with E-state index in [-0.39, 0.29) is 11.7 Å². The average Bonchev–Trinajstić information content (AvgIpc) is 3.09. The van der Waals surface area contributed by atoms with Crippen molar-refractivity contribution >= 4 is 5.91 Å². The van der Waals surface area contributed by atoms with E-state index in [4.69, 9.17) is 4.42 Å². The second kappa shape index (κ2) is 6.06. The van der Waals surface area contributed by atoms with Gasteiger partial charge >= 0.3 is 0 Å². The van der Waals surface area contributed by atoms with Crippen molar-refractivity contribution in [3.63, 3.8) is 0 Å². The summed E-state index contributed by atoms with van der Waals surface area (Å²) in [6.45, 7) is 5.17. The molecule has 1 aromatic carbocycles. The molecule has 1 amide bonds. The van der Waals surface area contributed by atoms with Gasteiger partial charge in [-0.15, -0.1) is 0 Å². The molecule has 2 aliphatic rings. The minimum Gasteiger partial charge on any atom is -0.465 e. The molecule has 4 rings (SSSR count). The number of hydrogen-bond acceptors (Lipinski definition) is 3. The molecule has 5 heteroatoms. The molecule has 2 atom stereocenters. The van der Waals surface area contributed by atoms with Crippen molar-refractivity contribution < 1.29 is 13.6 Å². The number of amides is 1. The first-order valence-corrected chi connectivity index (χ1v) is 8.42. The highest BCUT2D eigenvalue weighted by atomic mass is 19.1. The van der Waals surface area contributed by atoms with Crippen LogP contribution in [-0.4, -0.2) is 41.4 Å². The number of hydrogen-bond donors (Lipinski definition) is 0. The van der Waals surface area contributed by atoms with Gasteiger partial charge in [0.2, 0.25) is 0 Å². The number of fused-ring (bicyclic) bond motifs is 2. The summed E-state index contributed by atoms with van der Waals surface area (Å²) in [4.78, 5) is 16.9. The molecule has 2 bridgehead atoms. The van der Waals surface area contributed by atoms with Crippen molar-refractivity contribution in [2.75, 3.05) is 19.6 Å². The first kappa shape index (κ1) is 15.4. The Morgan fingerprint density at radius 2 is 2.12 bits per heavy atom. The van der Waals surface area contributed by atoms with Gasteiger partial charge in [0.25, 0.3) is 5.91 Å². The molecule has 24 heavy (non-hydrogen) atoms. The summed E-state index contributed by atoms with van der Waals surface area (Å²) in [6.07, 6.45) is 1.12. The SMILES string of the molecule is Cc1ccc(CN2CC3CC2CN(C(=O)c2cccc(F)c2)C3)o1. The normalized spacial score (nSPS) is 23.7. The zero-order chi connectivity index (χ0) is 16.7. The van der Waals surface area contributed by atoms with E-state index in [1.54, 1.807) is 12.1 Å². The van der Waals surface area contributed by atoms with E-state index in [2.05, 4.69) is 4.90 Å². The lowest BCUT2D eigenvalue weighted by atomic mass is 9.99. The number of carbonyl (C=O) groups is 1. The maximum absolute atomic E-state index is 13.4. The Kier molecular flexibility index (Phi) is 3.88. The molecule has 0 aliphatic carbocycles. The molecule has 2 aromatic rings. The Hall–Kier alpha value is -2.14. The Labute approximate surface area is 140 Å². The van der Waals surface area contributed by atoms with Crippen molar-refractivity contribution in [3.8, 4) is 0 Å². The molecule has 0 spiro atoms. The fourth-order valence-corrected chi connectivity index (χ4v) is 3.99. The van der Waals surface area contributed by atoms with Crippen molar-refractivity contribution in [3.05, 3.63) is 59.3 Å². The Bertz CT molecular complexity index is 757. The fourth-order valence-electron chi connectivity index (χ4n) is 3.99. The van der Waals surface area contributed by atoms with Gasteiger partial charge < -0.3 is 9.32 Å². The van der Waals surface area contributed by atoms with Crippen molar-refractivity contribution in [1.29, 1.82) is 0 Å². The van der Waals surface area contributed by atoms with Crippen LogP contribution in [0.4, 0.5) is 4.39 Å². The first-order chi connectivity index (χ1) is 11.6. The Balaban J connectivity index is 1.45. The number of benzene rings is 1. The summed E-state index contributed by atoms with van der Waals surface area (Å²) in [5.74, 6) is 1.95. The monoisotopic (exact) mass is 328 g/mol. The third kappa shape index (κ3) is 2.96. The standard InChI is InChI=1S/C19H21FN2O2/c1-13-5-6-18(24-13)12-21-9-14-7-17(21)11-22(10-14)19(23)15-3-2-4-16(20)8-15/h2-6,8,14,17H,7,9-12H2,1H3. The summed E-state index contributed by atoms with van der Waals surface area (Å²) >= 11 is 0. The van der Waals surface area contributed by atoms with E-state index in [1.165, 1.54) is 12.1 Å². The second-order valence-electron chi connectivity index (χ2n) is 6.92. The number of rotatable bonds is 3. The van der Waals surface area contributed by atoms with Crippen LogP contribution in [0.15, 0.2) is 40.8 Å². The molecule has 1 aromatic heterocycles. The van der Waals surface area contributed by atoms with E-state index >= 15 is 0 Å². The van der Waals surface area contributed by atoms with Gasteiger partial charge in [-0.1, -0.05) is 6.07 Å². The highest BCUT2D eigenvalue weighted by molar-refractivity contribution is 5.94. The third-order valence-corrected chi connectivity index (χ3v) is 5.04. The fraction of sp³-hybridized carbons (Fsp3) is 0.421. The molecule has 0 saturated carbocycles. The van der Waals surface area contributed by atoms with Gasteiger partial charge in [0.1, 0.15) is 17.3 Å². The molecular formula is C19H21FN2O2. The molecular weight excluding hydrogens is 307 g/mol. The topological polar surface area (TPSA) is 36.7 Å². The van der Waals surface area contributed by atoms with Crippen LogP contribution in [0, 0.1) is 18.7 Å². The predicted molar refractivity (Wildman–Crippen MR) is 88.1 cm³/mol. The molecule has 126 valence electrons. The van der Waals surface area contributed by atoms with E-state index in [1.807, 2.05) is 24.0 Å². The molecule has 2 unspecified atom stereocenters. The van der Waals surface area contributed by atoms with Gasteiger partial charge in [0.15, 0.2) is 0 Å². The van der Waals surface area contributed by atoms with Gasteiger partial charge in [-0.25, -0.2) is 4.39 Å². The molecule has 2 fully saturated rings. The molecule has 3 heterocycles. The van der Waals surface area contributed by atoms with Crippen LogP contribution < -0.4 is 0 Å². The van der Waals surface area contributed by atoms with Crippen LogP contribution in [0.3, 0.4) is 0 Å². The minimum absolute atomic E-state index is 0.0695. The lowest BCUT2D eigenvalue weighted by Crippen LogP contribution is -2.45.